The second kappa shape index (κ2) is 3.00. The van der Waals surface area contributed by atoms with Gasteiger partial charge in [-0.15, -0.1) is 10.2 Å². The normalized spacial score (nSPS) is 11.9. The Balaban J connectivity index is 2.40. The number of rotatable bonds is 0. The van der Waals surface area contributed by atoms with Crippen LogP contribution in [0.25, 0.3) is 33.1 Å². The molecule has 3 heterocycles. The largest absolute Gasteiger partial charge is 0.336 e. The molecule has 0 spiro atoms. The van der Waals surface area contributed by atoms with E-state index in [-0.39, 0.29) is 0 Å². The van der Waals surface area contributed by atoms with Gasteiger partial charge in [0.05, 0.1) is 11.1 Å². The van der Waals surface area contributed by atoms with E-state index in [9.17, 15) is 0 Å². The monoisotopic (exact) mass is 241 g/mol. The quantitative estimate of drug-likeness (QED) is 0.464. The minimum atomic E-state index is 0.561. The molecule has 0 aliphatic heterocycles. The zero-order valence-corrected chi connectivity index (χ0v) is 9.63. The van der Waals surface area contributed by atoms with Gasteiger partial charge in [0.1, 0.15) is 11.0 Å². The summed E-state index contributed by atoms with van der Waals surface area (Å²) in [6.45, 7) is 3.78. The first-order chi connectivity index (χ1) is 8.75. The SMILES string of the molecule is Cc1nc2c(cc(C)c3nnoc32)c2onnc12. The van der Waals surface area contributed by atoms with Crippen LogP contribution in [0.4, 0.5) is 0 Å². The summed E-state index contributed by atoms with van der Waals surface area (Å²) in [6, 6.07) is 1.93. The Morgan fingerprint density at radius 1 is 0.889 bits per heavy atom. The van der Waals surface area contributed by atoms with E-state index >= 15 is 0 Å². The number of hydrogen-bond acceptors (Lipinski definition) is 7. The third kappa shape index (κ3) is 1.01. The molecule has 0 bridgehead atoms. The number of fused-ring (bicyclic) bond motifs is 5. The van der Waals surface area contributed by atoms with Crippen molar-refractivity contribution < 1.29 is 9.05 Å². The smallest absolute Gasteiger partial charge is 0.214 e. The molecule has 0 saturated heterocycles. The van der Waals surface area contributed by atoms with Crippen LogP contribution in [-0.2, 0) is 0 Å². The Morgan fingerprint density at radius 3 is 2.44 bits per heavy atom. The van der Waals surface area contributed by atoms with Crippen LogP contribution in [0, 0.1) is 13.8 Å². The maximum Gasteiger partial charge on any atom is 0.214 e. The first-order valence-electron chi connectivity index (χ1n) is 5.40. The molecule has 0 atom stereocenters. The zero-order valence-electron chi connectivity index (χ0n) is 9.63. The van der Waals surface area contributed by atoms with Gasteiger partial charge in [-0.05, 0) is 25.5 Å². The summed E-state index contributed by atoms with van der Waals surface area (Å²) in [5, 5.41) is 15.8. The lowest BCUT2D eigenvalue weighted by atomic mass is 10.1. The number of pyridine rings is 1. The van der Waals surface area contributed by atoms with Crippen molar-refractivity contribution in [2.24, 2.45) is 0 Å². The first kappa shape index (κ1) is 9.46. The molecule has 3 aromatic heterocycles. The topological polar surface area (TPSA) is 90.7 Å². The molecule has 18 heavy (non-hydrogen) atoms. The van der Waals surface area contributed by atoms with Gasteiger partial charge in [-0.1, -0.05) is 0 Å². The predicted octanol–water partition coefficient (Wildman–Crippen LogP) is 1.92. The Labute approximate surface area is 99.7 Å². The Morgan fingerprint density at radius 2 is 1.61 bits per heavy atom. The van der Waals surface area contributed by atoms with Crippen molar-refractivity contribution in [2.45, 2.75) is 13.8 Å². The van der Waals surface area contributed by atoms with Crippen LogP contribution in [0.1, 0.15) is 11.3 Å². The fraction of sp³-hybridized carbons (Fsp3) is 0.182. The molecule has 0 N–H and O–H groups in total. The summed E-state index contributed by atoms with van der Waals surface area (Å²) < 4.78 is 10.4. The molecule has 1 aromatic carbocycles. The van der Waals surface area contributed by atoms with E-state index in [1.807, 2.05) is 19.9 Å². The average Bonchev–Trinajstić information content (AvgIpc) is 2.98. The van der Waals surface area contributed by atoms with E-state index in [0.29, 0.717) is 27.7 Å². The molecule has 0 fully saturated rings. The first-order valence-corrected chi connectivity index (χ1v) is 5.40. The van der Waals surface area contributed by atoms with Crippen LogP contribution in [0.2, 0.25) is 0 Å². The second-order valence-electron chi connectivity index (χ2n) is 4.19. The Bertz CT molecular complexity index is 832. The minimum Gasteiger partial charge on any atom is -0.336 e. The van der Waals surface area contributed by atoms with E-state index in [1.54, 1.807) is 0 Å². The fourth-order valence-electron chi connectivity index (χ4n) is 2.19. The molecular formula is C11H7N5O2. The van der Waals surface area contributed by atoms with E-state index in [2.05, 4.69) is 25.7 Å². The maximum atomic E-state index is 5.21. The van der Waals surface area contributed by atoms with Crippen LogP contribution in [0.3, 0.4) is 0 Å². The summed E-state index contributed by atoms with van der Waals surface area (Å²) in [6.07, 6.45) is 0. The average molecular weight is 241 g/mol. The van der Waals surface area contributed by atoms with Crippen LogP contribution in [0.5, 0.6) is 0 Å². The van der Waals surface area contributed by atoms with E-state index in [1.165, 1.54) is 0 Å². The summed E-state index contributed by atoms with van der Waals surface area (Å²) in [5.74, 6) is 0. The van der Waals surface area contributed by atoms with Gasteiger partial charge in [0.25, 0.3) is 0 Å². The number of hydrogen-bond donors (Lipinski definition) is 0. The van der Waals surface area contributed by atoms with Crippen molar-refractivity contribution in [3.63, 3.8) is 0 Å². The van der Waals surface area contributed by atoms with Gasteiger partial charge in [0.2, 0.25) is 5.58 Å². The standard InChI is InChI=1S/C11H7N5O2/c1-4-3-6-9(11-7(4)13-15-18-11)12-5(2)8-10(6)17-16-14-8/h3H,1-2H3. The van der Waals surface area contributed by atoms with Gasteiger partial charge >= 0.3 is 0 Å². The highest BCUT2D eigenvalue weighted by Crippen LogP contribution is 2.31. The lowest BCUT2D eigenvalue weighted by Gasteiger charge is -2.01. The summed E-state index contributed by atoms with van der Waals surface area (Å²) >= 11 is 0. The number of benzene rings is 1. The molecule has 0 unspecified atom stereocenters. The lowest BCUT2D eigenvalue weighted by Crippen LogP contribution is -1.89. The van der Waals surface area contributed by atoms with Crippen molar-refractivity contribution in [1.82, 2.24) is 25.7 Å². The molecule has 7 heteroatoms. The van der Waals surface area contributed by atoms with E-state index in [0.717, 1.165) is 16.6 Å². The second-order valence-corrected chi connectivity index (χ2v) is 4.19. The van der Waals surface area contributed by atoms with Crippen molar-refractivity contribution >= 4 is 33.1 Å². The Hall–Kier alpha value is -2.57. The summed E-state index contributed by atoms with van der Waals surface area (Å²) in [7, 11) is 0. The molecule has 4 rings (SSSR count). The van der Waals surface area contributed by atoms with Crippen LogP contribution in [-0.4, -0.2) is 25.7 Å². The van der Waals surface area contributed by atoms with Crippen LogP contribution >= 0.6 is 0 Å². The zero-order chi connectivity index (χ0) is 12.3. The fourth-order valence-corrected chi connectivity index (χ4v) is 2.19. The van der Waals surface area contributed by atoms with Crippen LogP contribution < -0.4 is 0 Å². The van der Waals surface area contributed by atoms with Crippen LogP contribution in [0.15, 0.2) is 15.1 Å². The third-order valence-electron chi connectivity index (χ3n) is 3.05. The van der Waals surface area contributed by atoms with Crippen molar-refractivity contribution in [3.05, 3.63) is 17.3 Å². The molecule has 0 saturated carbocycles. The molecule has 0 aliphatic rings. The summed E-state index contributed by atoms with van der Waals surface area (Å²) in [4.78, 5) is 4.48. The van der Waals surface area contributed by atoms with Gasteiger partial charge in [-0.3, -0.25) is 0 Å². The van der Waals surface area contributed by atoms with Crippen molar-refractivity contribution in [3.8, 4) is 0 Å². The highest BCUT2D eigenvalue weighted by molar-refractivity contribution is 6.11. The highest BCUT2D eigenvalue weighted by Gasteiger charge is 2.17. The highest BCUT2D eigenvalue weighted by atomic mass is 16.5. The molecule has 7 nitrogen and oxygen atoms in total. The molecule has 4 aromatic rings. The van der Waals surface area contributed by atoms with Gasteiger partial charge in [-0.2, -0.15) is 0 Å². The van der Waals surface area contributed by atoms with Gasteiger partial charge in [0, 0.05) is 10.5 Å². The predicted molar refractivity (Wildman–Crippen MR) is 61.9 cm³/mol. The Kier molecular flexibility index (Phi) is 1.58. The lowest BCUT2D eigenvalue weighted by molar-refractivity contribution is 0.424. The molecule has 0 amide bonds. The van der Waals surface area contributed by atoms with E-state index in [4.69, 9.17) is 9.05 Å². The number of aromatic nitrogens is 5. The molecule has 88 valence electrons. The van der Waals surface area contributed by atoms with Crippen molar-refractivity contribution in [1.29, 1.82) is 0 Å². The molecule has 0 radical (unpaired) electrons. The maximum absolute atomic E-state index is 5.21. The number of aryl methyl sites for hydroxylation is 2. The van der Waals surface area contributed by atoms with E-state index < -0.39 is 0 Å². The summed E-state index contributed by atoms with van der Waals surface area (Å²) in [5.41, 5.74) is 4.90. The van der Waals surface area contributed by atoms with Gasteiger partial charge in [0.15, 0.2) is 11.1 Å². The molecule has 0 aliphatic carbocycles. The molecular weight excluding hydrogens is 234 g/mol. The minimum absolute atomic E-state index is 0.561. The van der Waals surface area contributed by atoms with Gasteiger partial charge in [-0.25, -0.2) is 4.98 Å². The third-order valence-corrected chi connectivity index (χ3v) is 3.05. The number of nitrogens with zero attached hydrogens (tertiary/aromatic N) is 5. The van der Waals surface area contributed by atoms with Crippen molar-refractivity contribution in [2.75, 3.05) is 0 Å². The van der Waals surface area contributed by atoms with Gasteiger partial charge < -0.3 is 9.05 Å².